The van der Waals surface area contributed by atoms with Crippen molar-refractivity contribution < 1.29 is 14.3 Å². The van der Waals surface area contributed by atoms with E-state index in [1.807, 2.05) is 24.4 Å². The molecule has 0 bridgehead atoms. The predicted molar refractivity (Wildman–Crippen MR) is 135 cm³/mol. The number of ether oxygens (including phenoxy) is 2. The van der Waals surface area contributed by atoms with Crippen molar-refractivity contribution in [1.82, 2.24) is 19.8 Å². The fraction of sp³-hybridized carbons (Fsp3) is 0.577. The van der Waals surface area contributed by atoms with Crippen LogP contribution in [0.2, 0.25) is 0 Å². The van der Waals surface area contributed by atoms with Crippen LogP contribution < -0.4 is 4.74 Å². The van der Waals surface area contributed by atoms with Gasteiger partial charge in [0.25, 0.3) is 0 Å². The van der Waals surface area contributed by atoms with Crippen LogP contribution in [-0.4, -0.2) is 85.5 Å². The zero-order chi connectivity index (χ0) is 23.9. The molecule has 2 saturated heterocycles. The predicted octanol–water partition coefficient (Wildman–Crippen LogP) is 3.94. The first-order valence-electron chi connectivity index (χ1n) is 12.2. The van der Waals surface area contributed by atoms with Crippen LogP contribution in [0.3, 0.4) is 0 Å². The zero-order valence-corrected chi connectivity index (χ0v) is 21.4. The van der Waals surface area contributed by atoms with E-state index in [0.717, 1.165) is 85.3 Å². The fourth-order valence-corrected chi connectivity index (χ4v) is 5.74. The van der Waals surface area contributed by atoms with Gasteiger partial charge in [-0.1, -0.05) is 23.9 Å². The van der Waals surface area contributed by atoms with Crippen molar-refractivity contribution in [3.05, 3.63) is 36.2 Å². The minimum Gasteiger partial charge on any atom is -0.497 e. The second-order valence-corrected chi connectivity index (χ2v) is 10.3. The summed E-state index contributed by atoms with van der Waals surface area (Å²) in [7, 11) is 5.50. The lowest BCUT2D eigenvalue weighted by atomic mass is 9.88. The highest BCUT2D eigenvalue weighted by Crippen LogP contribution is 2.36. The van der Waals surface area contributed by atoms with Crippen LogP contribution in [0.15, 0.2) is 35.6 Å². The molecule has 1 aromatic heterocycles. The van der Waals surface area contributed by atoms with Crippen molar-refractivity contribution in [2.24, 2.45) is 5.92 Å². The molecule has 0 aliphatic carbocycles. The van der Waals surface area contributed by atoms with Gasteiger partial charge in [0.2, 0.25) is 5.91 Å². The van der Waals surface area contributed by atoms with Gasteiger partial charge in [-0.3, -0.25) is 4.79 Å². The number of thioether (sulfide) groups is 1. The second-order valence-electron chi connectivity index (χ2n) is 9.25. The molecular formula is C26H36N4O3S. The summed E-state index contributed by atoms with van der Waals surface area (Å²) >= 11 is 1.61. The summed E-state index contributed by atoms with van der Waals surface area (Å²) in [6, 6.07) is 8.05. The van der Waals surface area contributed by atoms with Crippen LogP contribution in [0, 0.1) is 5.92 Å². The van der Waals surface area contributed by atoms with Gasteiger partial charge in [-0.2, -0.15) is 0 Å². The smallest absolute Gasteiger partial charge is 0.226 e. The summed E-state index contributed by atoms with van der Waals surface area (Å²) < 4.78 is 10.7. The molecule has 0 spiro atoms. The Labute approximate surface area is 207 Å². The number of carbonyl (C=O) groups is 1. The second kappa shape index (κ2) is 12.0. The quantitative estimate of drug-likeness (QED) is 0.319. The number of carbonyl (C=O) groups excluding carboxylic acids is 1. The number of piperidine rings is 2. The van der Waals surface area contributed by atoms with Crippen molar-refractivity contribution in [2.45, 2.75) is 36.8 Å². The maximum Gasteiger partial charge on any atom is 0.226 e. The third kappa shape index (κ3) is 6.09. The first-order valence-corrected chi connectivity index (χ1v) is 13.2. The summed E-state index contributed by atoms with van der Waals surface area (Å²) in [6.07, 6.45) is 6.03. The Bertz CT molecular complexity index is 973. The molecule has 2 unspecified atom stereocenters. The molecule has 2 aromatic rings. The van der Waals surface area contributed by atoms with E-state index in [4.69, 9.17) is 14.5 Å². The highest BCUT2D eigenvalue weighted by atomic mass is 32.2. The number of likely N-dealkylation sites (tertiary alicyclic amines) is 2. The SMILES string of the molecule is COCCSc1ncc(-c2cccc(OC)c2)c(C2CCCN(C(=O)C3CCCN(C)C3)C2)n1. The Balaban J connectivity index is 1.60. The first-order chi connectivity index (χ1) is 16.6. The van der Waals surface area contributed by atoms with Gasteiger partial charge in [-0.15, -0.1) is 0 Å². The van der Waals surface area contributed by atoms with Gasteiger partial charge < -0.3 is 19.3 Å². The largest absolute Gasteiger partial charge is 0.497 e. The molecule has 0 N–H and O–H groups in total. The summed E-state index contributed by atoms with van der Waals surface area (Å²) in [6.45, 7) is 4.16. The van der Waals surface area contributed by atoms with Crippen molar-refractivity contribution in [3.63, 3.8) is 0 Å². The number of aromatic nitrogens is 2. The molecule has 2 atom stereocenters. The van der Waals surface area contributed by atoms with Crippen molar-refractivity contribution in [2.75, 3.05) is 59.8 Å². The van der Waals surface area contributed by atoms with Gasteiger partial charge in [0.15, 0.2) is 5.16 Å². The van der Waals surface area contributed by atoms with E-state index in [0.29, 0.717) is 12.5 Å². The zero-order valence-electron chi connectivity index (χ0n) is 20.5. The minimum absolute atomic E-state index is 0.112. The molecule has 7 nitrogen and oxygen atoms in total. The van der Waals surface area contributed by atoms with Crippen LogP contribution in [0.1, 0.15) is 37.3 Å². The molecule has 2 aliphatic rings. The maximum atomic E-state index is 13.4. The lowest BCUT2D eigenvalue weighted by molar-refractivity contribution is -0.138. The molecule has 8 heteroatoms. The number of hydrogen-bond acceptors (Lipinski definition) is 7. The lowest BCUT2D eigenvalue weighted by Gasteiger charge is -2.37. The van der Waals surface area contributed by atoms with Gasteiger partial charge in [-0.05, 0) is 57.0 Å². The van der Waals surface area contributed by atoms with E-state index in [9.17, 15) is 4.79 Å². The first kappa shape index (κ1) is 24.9. The standard InChI is InChI=1S/C26H36N4O3S/c1-29-11-5-9-21(17-29)25(31)30-12-6-8-20(18-30)24-23(19-7-4-10-22(15-19)33-3)16-27-26(28-24)34-14-13-32-2/h4,7,10,15-16,20-21H,5-6,8-9,11-14,17-18H2,1-3H3. The lowest BCUT2D eigenvalue weighted by Crippen LogP contribution is -2.47. The Morgan fingerprint density at radius 1 is 1.18 bits per heavy atom. The van der Waals surface area contributed by atoms with Crippen molar-refractivity contribution >= 4 is 17.7 Å². The highest BCUT2D eigenvalue weighted by Gasteiger charge is 2.33. The van der Waals surface area contributed by atoms with Gasteiger partial charge in [0, 0.05) is 50.2 Å². The molecule has 4 rings (SSSR count). The normalized spacial score (nSPS) is 21.4. The van der Waals surface area contributed by atoms with Gasteiger partial charge in [0.05, 0.1) is 25.3 Å². The van der Waals surface area contributed by atoms with E-state index < -0.39 is 0 Å². The molecule has 3 heterocycles. The van der Waals surface area contributed by atoms with Gasteiger partial charge >= 0.3 is 0 Å². The average Bonchev–Trinajstić information content (AvgIpc) is 2.88. The molecule has 1 aromatic carbocycles. The minimum atomic E-state index is 0.112. The average molecular weight is 485 g/mol. The molecule has 34 heavy (non-hydrogen) atoms. The third-order valence-electron chi connectivity index (χ3n) is 6.79. The van der Waals surface area contributed by atoms with Crippen LogP contribution in [0.25, 0.3) is 11.1 Å². The third-order valence-corrected chi connectivity index (χ3v) is 7.61. The van der Waals surface area contributed by atoms with Crippen LogP contribution >= 0.6 is 11.8 Å². The maximum absolute atomic E-state index is 13.4. The van der Waals surface area contributed by atoms with E-state index in [1.54, 1.807) is 26.0 Å². The van der Waals surface area contributed by atoms with Crippen molar-refractivity contribution in [1.29, 1.82) is 0 Å². The van der Waals surface area contributed by atoms with Gasteiger partial charge in [-0.25, -0.2) is 9.97 Å². The van der Waals surface area contributed by atoms with Gasteiger partial charge in [0.1, 0.15) is 5.75 Å². The fourth-order valence-electron chi connectivity index (χ4n) is 5.01. The van der Waals surface area contributed by atoms with Crippen LogP contribution in [-0.2, 0) is 9.53 Å². The van der Waals surface area contributed by atoms with E-state index in [-0.39, 0.29) is 11.8 Å². The summed E-state index contributed by atoms with van der Waals surface area (Å²) in [5.41, 5.74) is 3.09. The number of methoxy groups -OCH3 is 2. The number of amides is 1. The molecule has 2 fully saturated rings. The highest BCUT2D eigenvalue weighted by molar-refractivity contribution is 7.99. The van der Waals surface area contributed by atoms with Crippen molar-refractivity contribution in [3.8, 4) is 16.9 Å². The monoisotopic (exact) mass is 484 g/mol. The molecule has 184 valence electrons. The van der Waals surface area contributed by atoms with E-state index in [2.05, 4.69) is 27.9 Å². The van der Waals surface area contributed by atoms with E-state index in [1.165, 1.54) is 0 Å². The molecule has 2 aliphatic heterocycles. The number of hydrogen-bond donors (Lipinski definition) is 0. The Morgan fingerprint density at radius 2 is 2.03 bits per heavy atom. The Morgan fingerprint density at radius 3 is 2.82 bits per heavy atom. The van der Waals surface area contributed by atoms with E-state index >= 15 is 0 Å². The molecule has 1 amide bonds. The Kier molecular flexibility index (Phi) is 8.80. The summed E-state index contributed by atoms with van der Waals surface area (Å²) in [5.74, 6) is 2.22. The molecular weight excluding hydrogens is 448 g/mol. The number of nitrogens with zero attached hydrogens (tertiary/aromatic N) is 4. The molecule has 0 radical (unpaired) electrons. The Hall–Kier alpha value is -2.16. The van der Waals surface area contributed by atoms with Crippen LogP contribution in [0.4, 0.5) is 0 Å². The molecule has 0 saturated carbocycles. The van der Waals surface area contributed by atoms with Crippen LogP contribution in [0.5, 0.6) is 5.75 Å². The number of rotatable bonds is 8. The summed E-state index contributed by atoms with van der Waals surface area (Å²) in [5, 5.41) is 0.760. The number of benzene rings is 1. The summed E-state index contributed by atoms with van der Waals surface area (Å²) in [4.78, 5) is 27.4. The topological polar surface area (TPSA) is 67.8 Å².